The van der Waals surface area contributed by atoms with Crippen molar-refractivity contribution in [1.29, 1.82) is 0 Å². The van der Waals surface area contributed by atoms with Gasteiger partial charge in [0.2, 0.25) is 0 Å². The van der Waals surface area contributed by atoms with Gasteiger partial charge in [0, 0.05) is 0 Å². The van der Waals surface area contributed by atoms with E-state index in [9.17, 15) is 14.7 Å². The summed E-state index contributed by atoms with van der Waals surface area (Å²) in [6.45, 7) is 2.41. The topological polar surface area (TPSA) is 107 Å². The molecule has 1 aliphatic rings. The van der Waals surface area contributed by atoms with E-state index in [0.29, 0.717) is 6.42 Å². The Morgan fingerprint density at radius 1 is 1.56 bits per heavy atom. The van der Waals surface area contributed by atoms with Crippen molar-refractivity contribution >= 4 is 11.9 Å². The smallest absolute Gasteiger partial charge is 0.354 e. The van der Waals surface area contributed by atoms with E-state index in [0.717, 1.165) is 6.42 Å². The highest BCUT2D eigenvalue weighted by atomic mass is 16.4. The van der Waals surface area contributed by atoms with E-state index in [1.165, 1.54) is 11.2 Å². The number of H-pyrrole nitrogens is 1. The Balaban J connectivity index is 2.06. The van der Waals surface area contributed by atoms with Gasteiger partial charge >= 0.3 is 5.97 Å². The molecular weight excluding hydrogens is 238 g/mol. The molecule has 1 saturated heterocycles. The number of nitrogens with zero attached hydrogens (tertiary/aromatic N) is 2. The molecule has 1 aromatic rings. The van der Waals surface area contributed by atoms with E-state index in [4.69, 9.17) is 5.11 Å². The number of aromatic nitrogens is 2. The third-order valence-electron chi connectivity index (χ3n) is 3.03. The van der Waals surface area contributed by atoms with E-state index in [1.807, 2.05) is 6.92 Å². The molecule has 0 radical (unpaired) electrons. The molecule has 7 nitrogen and oxygen atoms in total. The van der Waals surface area contributed by atoms with Gasteiger partial charge in [-0.05, 0) is 6.42 Å². The Morgan fingerprint density at radius 3 is 2.78 bits per heavy atom. The fourth-order valence-corrected chi connectivity index (χ4v) is 2.20. The van der Waals surface area contributed by atoms with Crippen LogP contribution >= 0.6 is 0 Å². The van der Waals surface area contributed by atoms with Crippen LogP contribution in [0, 0.1) is 0 Å². The lowest BCUT2D eigenvalue weighted by atomic mass is 9.89. The van der Waals surface area contributed by atoms with E-state index >= 15 is 0 Å². The molecule has 0 aromatic carbocycles. The second-order valence-corrected chi connectivity index (χ2v) is 4.57. The molecule has 18 heavy (non-hydrogen) atoms. The highest BCUT2D eigenvalue weighted by molar-refractivity contribution is 6.02. The van der Waals surface area contributed by atoms with Gasteiger partial charge in [0.05, 0.1) is 25.0 Å². The third-order valence-corrected chi connectivity index (χ3v) is 3.03. The van der Waals surface area contributed by atoms with Gasteiger partial charge in [0.1, 0.15) is 0 Å². The molecule has 1 aromatic heterocycles. The van der Waals surface area contributed by atoms with Crippen LogP contribution in [0.15, 0.2) is 6.33 Å². The van der Waals surface area contributed by atoms with Crippen molar-refractivity contribution in [1.82, 2.24) is 14.9 Å². The summed E-state index contributed by atoms with van der Waals surface area (Å²) in [5.41, 5.74) is -1.16. The molecule has 2 rings (SSSR count). The fourth-order valence-electron chi connectivity index (χ4n) is 2.20. The van der Waals surface area contributed by atoms with Crippen LogP contribution in [0.25, 0.3) is 0 Å². The minimum absolute atomic E-state index is 0.110. The first-order valence-corrected chi connectivity index (χ1v) is 5.75. The van der Waals surface area contributed by atoms with Crippen molar-refractivity contribution in [2.75, 3.05) is 13.1 Å². The van der Waals surface area contributed by atoms with Gasteiger partial charge in [-0.15, -0.1) is 0 Å². The van der Waals surface area contributed by atoms with E-state index < -0.39 is 17.5 Å². The Morgan fingerprint density at radius 2 is 2.22 bits per heavy atom. The zero-order valence-corrected chi connectivity index (χ0v) is 10.0. The molecule has 0 spiro atoms. The van der Waals surface area contributed by atoms with Gasteiger partial charge in [0.15, 0.2) is 11.4 Å². The number of carbonyl (C=O) groups is 2. The first kappa shape index (κ1) is 12.6. The molecule has 7 heteroatoms. The van der Waals surface area contributed by atoms with Crippen molar-refractivity contribution in [3.8, 4) is 0 Å². The third kappa shape index (κ3) is 2.08. The number of imidazole rings is 1. The van der Waals surface area contributed by atoms with Gasteiger partial charge < -0.3 is 20.1 Å². The van der Waals surface area contributed by atoms with Crippen LogP contribution in [0.3, 0.4) is 0 Å². The monoisotopic (exact) mass is 253 g/mol. The molecular formula is C11H15N3O4. The Labute approximate surface area is 103 Å². The Hall–Kier alpha value is -1.89. The summed E-state index contributed by atoms with van der Waals surface area (Å²) in [5, 5.41) is 18.8. The van der Waals surface area contributed by atoms with Gasteiger partial charge in [-0.25, -0.2) is 9.78 Å². The average molecular weight is 253 g/mol. The van der Waals surface area contributed by atoms with Crippen molar-refractivity contribution < 1.29 is 19.8 Å². The zero-order chi connectivity index (χ0) is 13.3. The Bertz CT molecular complexity index is 476. The minimum Gasteiger partial charge on any atom is -0.477 e. The van der Waals surface area contributed by atoms with Crippen LogP contribution in [-0.2, 0) is 0 Å². The van der Waals surface area contributed by atoms with Gasteiger partial charge in [0.25, 0.3) is 5.91 Å². The summed E-state index contributed by atoms with van der Waals surface area (Å²) < 4.78 is 0. The maximum atomic E-state index is 12.0. The lowest BCUT2D eigenvalue weighted by Crippen LogP contribution is -2.63. The van der Waals surface area contributed by atoms with Crippen LogP contribution in [0.2, 0.25) is 0 Å². The number of aliphatic hydroxyl groups is 1. The summed E-state index contributed by atoms with van der Waals surface area (Å²) in [7, 11) is 0. The lowest BCUT2D eigenvalue weighted by Gasteiger charge is -2.46. The summed E-state index contributed by atoms with van der Waals surface area (Å²) in [6, 6.07) is 0. The minimum atomic E-state index is -1.22. The number of rotatable bonds is 4. The number of carboxylic acids is 1. The molecule has 1 aliphatic heterocycles. The number of carboxylic acid groups (broad SMARTS) is 1. The van der Waals surface area contributed by atoms with Crippen LogP contribution in [-0.4, -0.2) is 55.6 Å². The van der Waals surface area contributed by atoms with Crippen LogP contribution < -0.4 is 0 Å². The van der Waals surface area contributed by atoms with Gasteiger partial charge in [-0.2, -0.15) is 0 Å². The molecule has 3 N–H and O–H groups in total. The predicted octanol–water partition coefficient (Wildman–Crippen LogP) is 0.0949. The first-order chi connectivity index (χ1) is 8.47. The average Bonchev–Trinajstić information content (AvgIpc) is 2.73. The number of aromatic amines is 1. The van der Waals surface area contributed by atoms with Crippen molar-refractivity contribution in [2.24, 2.45) is 0 Å². The van der Waals surface area contributed by atoms with Crippen LogP contribution in [0.5, 0.6) is 0 Å². The summed E-state index contributed by atoms with van der Waals surface area (Å²) >= 11 is 0. The Kier molecular flexibility index (Phi) is 3.08. The van der Waals surface area contributed by atoms with Crippen LogP contribution in [0.1, 0.15) is 40.7 Å². The molecule has 0 aliphatic carbocycles. The number of amides is 1. The SMILES string of the molecule is CCCC1(O)CN(C(=O)c2nc[nH]c2C(=O)O)C1. The highest BCUT2D eigenvalue weighted by Crippen LogP contribution is 2.27. The lowest BCUT2D eigenvalue weighted by molar-refractivity contribution is -0.0861. The molecule has 0 saturated carbocycles. The number of β-amino-alcohol motifs (C(OH)–C–C–N with tert-alkyl or cyclic N) is 1. The van der Waals surface area contributed by atoms with Crippen molar-refractivity contribution in [3.05, 3.63) is 17.7 Å². The molecule has 0 bridgehead atoms. The summed E-state index contributed by atoms with van der Waals surface area (Å²) in [5.74, 6) is -1.69. The zero-order valence-electron chi connectivity index (χ0n) is 10.0. The van der Waals surface area contributed by atoms with E-state index in [2.05, 4.69) is 9.97 Å². The molecule has 98 valence electrons. The second kappa shape index (κ2) is 4.41. The maximum Gasteiger partial charge on any atom is 0.354 e. The van der Waals surface area contributed by atoms with Crippen molar-refractivity contribution in [3.63, 3.8) is 0 Å². The first-order valence-electron chi connectivity index (χ1n) is 5.75. The number of nitrogens with one attached hydrogen (secondary N) is 1. The van der Waals surface area contributed by atoms with Crippen LogP contribution in [0.4, 0.5) is 0 Å². The highest BCUT2D eigenvalue weighted by Gasteiger charge is 2.44. The molecule has 1 amide bonds. The number of aromatic carboxylic acids is 1. The fraction of sp³-hybridized carbons (Fsp3) is 0.545. The van der Waals surface area contributed by atoms with Crippen molar-refractivity contribution in [2.45, 2.75) is 25.4 Å². The quantitative estimate of drug-likeness (QED) is 0.705. The van der Waals surface area contributed by atoms with Gasteiger partial charge in [-0.3, -0.25) is 4.79 Å². The number of carbonyl (C=O) groups excluding carboxylic acids is 1. The maximum absolute atomic E-state index is 12.0. The second-order valence-electron chi connectivity index (χ2n) is 4.57. The summed E-state index contributed by atoms with van der Waals surface area (Å²) in [4.78, 5) is 30.4. The molecule has 1 fully saturated rings. The van der Waals surface area contributed by atoms with E-state index in [1.54, 1.807) is 0 Å². The molecule has 0 unspecified atom stereocenters. The number of hydrogen-bond donors (Lipinski definition) is 3. The molecule has 0 atom stereocenters. The standard InChI is InChI=1S/C11H15N3O4/c1-2-3-11(18)4-14(5-11)9(15)7-8(10(16)17)13-6-12-7/h6,18H,2-5H2,1H3,(H,12,13)(H,16,17). The van der Waals surface area contributed by atoms with Gasteiger partial charge in [-0.1, -0.05) is 13.3 Å². The van der Waals surface area contributed by atoms with E-state index in [-0.39, 0.29) is 24.5 Å². The number of hydrogen-bond acceptors (Lipinski definition) is 4. The number of likely N-dealkylation sites (tertiary alicyclic amines) is 1. The predicted molar refractivity (Wildman–Crippen MR) is 61.3 cm³/mol. The normalized spacial score (nSPS) is 17.3. The largest absolute Gasteiger partial charge is 0.477 e. The molecule has 2 heterocycles. The summed E-state index contributed by atoms with van der Waals surface area (Å²) in [6.07, 6.45) is 2.64.